The number of rotatable bonds is 7. The number of carbonyl (C=O) groups excluding carboxylic acids is 1. The Labute approximate surface area is 126 Å². The molecule has 0 spiro atoms. The first-order valence-electron chi connectivity index (χ1n) is 7.11. The molecule has 118 valence electrons. The van der Waals surface area contributed by atoms with Gasteiger partial charge in [0.25, 0.3) is 0 Å². The second-order valence-electron chi connectivity index (χ2n) is 4.55. The van der Waals surface area contributed by atoms with E-state index in [-0.39, 0.29) is 5.97 Å². The lowest BCUT2D eigenvalue weighted by Gasteiger charge is -2.18. The Bertz CT molecular complexity index is 495. The number of ether oxygens (including phenoxy) is 1. The minimum atomic E-state index is -3.08. The number of aryl methyl sites for hydroxylation is 2. The zero-order valence-corrected chi connectivity index (χ0v) is 14.2. The summed E-state index contributed by atoms with van der Waals surface area (Å²) in [5, 5.41) is 0.608. The second kappa shape index (κ2) is 7.85. The topological polar surface area (TPSA) is 65.0 Å². The smallest absolute Gasteiger partial charge is 0.426 e. The van der Waals surface area contributed by atoms with Gasteiger partial charge in [-0.25, -0.2) is 0 Å². The highest BCUT2D eigenvalue weighted by Crippen LogP contribution is 2.56. The van der Waals surface area contributed by atoms with E-state index >= 15 is 0 Å². The summed E-state index contributed by atoms with van der Waals surface area (Å²) in [5.74, 6) is 0.188. The van der Waals surface area contributed by atoms with E-state index in [2.05, 4.69) is 0 Å². The molecular weight excluding hydrogens is 291 g/mol. The van der Waals surface area contributed by atoms with Crippen LogP contribution in [-0.4, -0.2) is 24.1 Å². The normalized spacial score (nSPS) is 11.5. The highest BCUT2D eigenvalue weighted by Gasteiger charge is 2.44. The fourth-order valence-electron chi connectivity index (χ4n) is 2.08. The molecular formula is C15H24O5P+. The summed E-state index contributed by atoms with van der Waals surface area (Å²) in [7, 11) is -3.08. The molecule has 0 aliphatic carbocycles. The molecule has 0 amide bonds. The first-order valence-corrected chi connectivity index (χ1v) is 8.69. The molecule has 6 heteroatoms. The zero-order valence-electron chi connectivity index (χ0n) is 13.3. The Morgan fingerprint density at radius 2 is 1.76 bits per heavy atom. The third-order valence-electron chi connectivity index (χ3n) is 2.90. The molecule has 0 unspecified atom stereocenters. The van der Waals surface area contributed by atoms with Crippen molar-refractivity contribution in [3.05, 3.63) is 23.3 Å². The van der Waals surface area contributed by atoms with E-state index in [0.29, 0.717) is 30.7 Å². The molecule has 0 bridgehead atoms. The quantitative estimate of drug-likeness (QED) is 0.476. The van der Waals surface area contributed by atoms with E-state index in [9.17, 15) is 9.69 Å². The van der Waals surface area contributed by atoms with Crippen LogP contribution in [0.3, 0.4) is 0 Å². The van der Waals surface area contributed by atoms with Gasteiger partial charge in [-0.3, -0.25) is 4.79 Å². The summed E-state index contributed by atoms with van der Waals surface area (Å²) >= 11 is 0. The molecule has 0 radical (unpaired) electrons. The lowest BCUT2D eigenvalue weighted by Crippen LogP contribution is -2.19. The van der Waals surface area contributed by atoms with Crippen molar-refractivity contribution in [1.29, 1.82) is 0 Å². The van der Waals surface area contributed by atoms with Gasteiger partial charge in [-0.1, -0.05) is 6.92 Å². The molecule has 1 aromatic rings. The first-order chi connectivity index (χ1) is 9.87. The van der Waals surface area contributed by atoms with Crippen LogP contribution in [0.25, 0.3) is 0 Å². The van der Waals surface area contributed by atoms with Gasteiger partial charge >= 0.3 is 13.9 Å². The third kappa shape index (κ3) is 4.48. The summed E-state index contributed by atoms with van der Waals surface area (Å²) < 4.78 is 16.2. The Morgan fingerprint density at radius 1 is 1.19 bits per heavy atom. The monoisotopic (exact) mass is 315 g/mol. The van der Waals surface area contributed by atoms with Crippen LogP contribution in [0, 0.1) is 6.92 Å². The van der Waals surface area contributed by atoms with Crippen LogP contribution in [-0.2, 0) is 20.3 Å². The largest absolute Gasteiger partial charge is 0.446 e. The van der Waals surface area contributed by atoms with E-state index in [4.69, 9.17) is 13.8 Å². The van der Waals surface area contributed by atoms with Crippen LogP contribution >= 0.6 is 7.94 Å². The fourth-order valence-corrected chi connectivity index (χ4v) is 3.83. The molecule has 1 aromatic carbocycles. The summed E-state index contributed by atoms with van der Waals surface area (Å²) in [6, 6.07) is 3.56. The molecule has 0 fully saturated rings. The minimum Gasteiger partial charge on any atom is -0.426 e. The van der Waals surface area contributed by atoms with Crippen molar-refractivity contribution in [2.45, 2.75) is 41.0 Å². The molecule has 0 atom stereocenters. The maximum Gasteiger partial charge on any atom is 0.446 e. The lowest BCUT2D eigenvalue weighted by atomic mass is 10.1. The first kappa shape index (κ1) is 18.1. The molecule has 0 saturated heterocycles. The Hall–Kier alpha value is -1.00. The molecule has 0 saturated carbocycles. The van der Waals surface area contributed by atoms with E-state index in [1.165, 1.54) is 6.92 Å². The van der Waals surface area contributed by atoms with Gasteiger partial charge in [0.05, 0.1) is 13.2 Å². The lowest BCUT2D eigenvalue weighted by molar-refractivity contribution is -0.131. The molecule has 0 aromatic heterocycles. The van der Waals surface area contributed by atoms with Crippen LogP contribution < -0.4 is 10.0 Å². The molecule has 5 nitrogen and oxygen atoms in total. The van der Waals surface area contributed by atoms with Crippen molar-refractivity contribution < 1.29 is 23.5 Å². The van der Waals surface area contributed by atoms with Gasteiger partial charge in [-0.2, -0.15) is 13.9 Å². The highest BCUT2D eigenvalue weighted by molar-refractivity contribution is 7.68. The summed E-state index contributed by atoms with van der Waals surface area (Å²) in [4.78, 5) is 21.9. The summed E-state index contributed by atoms with van der Waals surface area (Å²) in [5.41, 5.74) is 1.62. The van der Waals surface area contributed by atoms with Gasteiger partial charge in [-0.05, 0) is 50.5 Å². The Balaban J connectivity index is 3.31. The third-order valence-corrected chi connectivity index (χ3v) is 5.02. The number of benzene rings is 1. The Morgan fingerprint density at radius 3 is 2.19 bits per heavy atom. The van der Waals surface area contributed by atoms with Crippen molar-refractivity contribution in [2.75, 3.05) is 13.2 Å². The van der Waals surface area contributed by atoms with Crippen LogP contribution in [0.2, 0.25) is 0 Å². The summed E-state index contributed by atoms with van der Waals surface area (Å²) in [6.07, 6.45) is 0.676. The van der Waals surface area contributed by atoms with Crippen LogP contribution in [0.5, 0.6) is 5.75 Å². The van der Waals surface area contributed by atoms with Crippen LogP contribution in [0.4, 0.5) is 0 Å². The molecule has 1 N–H and O–H groups in total. The van der Waals surface area contributed by atoms with Gasteiger partial charge in [0.15, 0.2) is 5.30 Å². The molecule has 0 aliphatic rings. The molecule has 1 rings (SSSR count). The maximum atomic E-state index is 11.2. The average Bonchev–Trinajstić information content (AvgIpc) is 2.40. The van der Waals surface area contributed by atoms with Gasteiger partial charge < -0.3 is 4.74 Å². The van der Waals surface area contributed by atoms with E-state index in [0.717, 1.165) is 11.1 Å². The fraction of sp³-hybridized carbons (Fsp3) is 0.533. The predicted molar refractivity (Wildman–Crippen MR) is 83.9 cm³/mol. The van der Waals surface area contributed by atoms with Gasteiger partial charge in [0, 0.05) is 6.92 Å². The van der Waals surface area contributed by atoms with Gasteiger partial charge in [-0.15, -0.1) is 0 Å². The van der Waals surface area contributed by atoms with Gasteiger partial charge in [0.1, 0.15) is 5.75 Å². The number of hydrogen-bond acceptors (Lipinski definition) is 5. The predicted octanol–water partition coefficient (Wildman–Crippen LogP) is 2.94. The van der Waals surface area contributed by atoms with Crippen molar-refractivity contribution in [3.63, 3.8) is 0 Å². The van der Waals surface area contributed by atoms with Gasteiger partial charge in [0.2, 0.25) is 0 Å². The number of hydrogen-bond donors (Lipinski definition) is 1. The van der Waals surface area contributed by atoms with E-state index < -0.39 is 7.94 Å². The highest BCUT2D eigenvalue weighted by atomic mass is 31.2. The minimum absolute atomic E-state index is 0.358. The van der Waals surface area contributed by atoms with E-state index in [1.54, 1.807) is 12.1 Å². The maximum absolute atomic E-state index is 11.2. The Kier molecular flexibility index (Phi) is 6.75. The standard InChI is InChI=1S/C15H24O5P/c1-6-13-10-14(21(17,18-7-2)19-8-3)9-11(4)15(13)20-12(5)16/h9-10,17H,6-8H2,1-5H3/q+1. The van der Waals surface area contributed by atoms with Crippen LogP contribution in [0.15, 0.2) is 12.1 Å². The van der Waals surface area contributed by atoms with Crippen molar-refractivity contribution >= 4 is 19.2 Å². The number of carbonyl (C=O) groups is 1. The molecule has 21 heavy (non-hydrogen) atoms. The second-order valence-corrected chi connectivity index (χ2v) is 6.63. The van der Waals surface area contributed by atoms with Crippen molar-refractivity contribution in [3.8, 4) is 5.75 Å². The van der Waals surface area contributed by atoms with Crippen molar-refractivity contribution in [2.24, 2.45) is 0 Å². The SMILES string of the molecule is CCO[P+](O)(OCC)c1cc(C)c(OC(C)=O)c(CC)c1. The average molecular weight is 315 g/mol. The zero-order chi connectivity index (χ0) is 16.0. The van der Waals surface area contributed by atoms with Crippen LogP contribution in [0.1, 0.15) is 38.8 Å². The summed E-state index contributed by atoms with van der Waals surface area (Å²) in [6.45, 7) is 9.51. The van der Waals surface area contributed by atoms with E-state index in [1.807, 2.05) is 27.7 Å². The molecule has 0 aliphatic heterocycles. The molecule has 0 heterocycles. The number of esters is 1. The van der Waals surface area contributed by atoms with Crippen molar-refractivity contribution in [1.82, 2.24) is 0 Å².